The van der Waals surface area contributed by atoms with E-state index in [4.69, 9.17) is 0 Å². The molecule has 0 aliphatic carbocycles. The van der Waals surface area contributed by atoms with Gasteiger partial charge in [0.05, 0.1) is 11.3 Å². The predicted octanol–water partition coefficient (Wildman–Crippen LogP) is 0.501. The Labute approximate surface area is 110 Å². The molecule has 0 aromatic rings. The van der Waals surface area contributed by atoms with Gasteiger partial charge in [-0.05, 0) is 26.2 Å². The number of nitrogens with one attached hydrogen (secondary N) is 1. The number of thioether (sulfide) groups is 1. The van der Waals surface area contributed by atoms with Crippen molar-refractivity contribution < 1.29 is 14.7 Å². The highest BCUT2D eigenvalue weighted by Gasteiger charge is 2.48. The van der Waals surface area contributed by atoms with Gasteiger partial charge in [-0.1, -0.05) is 0 Å². The van der Waals surface area contributed by atoms with E-state index in [1.54, 1.807) is 16.7 Å². The summed E-state index contributed by atoms with van der Waals surface area (Å²) in [4.78, 5) is 25.4. The minimum absolute atomic E-state index is 0.00764. The van der Waals surface area contributed by atoms with Crippen LogP contribution in [0.3, 0.4) is 0 Å². The van der Waals surface area contributed by atoms with Crippen molar-refractivity contribution in [1.29, 1.82) is 0 Å². The van der Waals surface area contributed by atoms with Crippen molar-refractivity contribution in [1.82, 2.24) is 10.2 Å². The van der Waals surface area contributed by atoms with Gasteiger partial charge in [0.15, 0.2) is 0 Å². The fourth-order valence-electron chi connectivity index (χ4n) is 3.46. The first kappa shape index (κ1) is 12.3. The first-order chi connectivity index (χ1) is 8.58. The zero-order valence-electron chi connectivity index (χ0n) is 10.3. The fraction of sp³-hybridized carbons (Fsp3) is 0.833. The van der Waals surface area contributed by atoms with Crippen molar-refractivity contribution in [2.45, 2.75) is 49.7 Å². The highest BCUT2D eigenvalue weighted by molar-refractivity contribution is 8.00. The van der Waals surface area contributed by atoms with Crippen LogP contribution in [0.2, 0.25) is 0 Å². The summed E-state index contributed by atoms with van der Waals surface area (Å²) in [5, 5.41) is 12.6. The molecular weight excluding hydrogens is 252 g/mol. The largest absolute Gasteiger partial charge is 0.480 e. The summed E-state index contributed by atoms with van der Waals surface area (Å²) in [6, 6.07) is 0.101. The van der Waals surface area contributed by atoms with E-state index in [-0.39, 0.29) is 23.2 Å². The Morgan fingerprint density at radius 3 is 2.72 bits per heavy atom. The van der Waals surface area contributed by atoms with Crippen LogP contribution in [-0.2, 0) is 9.59 Å². The van der Waals surface area contributed by atoms with E-state index in [0.29, 0.717) is 11.8 Å². The Morgan fingerprint density at radius 2 is 2.17 bits per heavy atom. The van der Waals surface area contributed by atoms with Gasteiger partial charge in [0.25, 0.3) is 0 Å². The highest BCUT2D eigenvalue weighted by atomic mass is 32.2. The van der Waals surface area contributed by atoms with Crippen LogP contribution in [0.25, 0.3) is 0 Å². The number of carbonyl (C=O) groups is 2. The third kappa shape index (κ3) is 1.82. The Morgan fingerprint density at radius 1 is 1.39 bits per heavy atom. The van der Waals surface area contributed by atoms with Crippen LogP contribution in [0.5, 0.6) is 0 Å². The molecule has 6 heteroatoms. The minimum Gasteiger partial charge on any atom is -0.480 e. The van der Waals surface area contributed by atoms with Crippen molar-refractivity contribution in [3.63, 3.8) is 0 Å². The van der Waals surface area contributed by atoms with E-state index >= 15 is 0 Å². The van der Waals surface area contributed by atoms with Crippen molar-refractivity contribution >= 4 is 23.6 Å². The Kier molecular flexibility index (Phi) is 3.02. The van der Waals surface area contributed by atoms with Crippen LogP contribution in [0, 0.1) is 5.92 Å². The lowest BCUT2D eigenvalue weighted by atomic mass is 9.88. The second-order valence-corrected chi connectivity index (χ2v) is 6.77. The molecule has 3 aliphatic rings. The molecule has 3 heterocycles. The molecule has 2 bridgehead atoms. The Hall–Kier alpha value is -0.750. The number of hydrogen-bond acceptors (Lipinski definition) is 4. The van der Waals surface area contributed by atoms with E-state index in [2.05, 4.69) is 5.32 Å². The normalized spacial score (nSPS) is 42.5. The molecule has 0 radical (unpaired) electrons. The summed E-state index contributed by atoms with van der Waals surface area (Å²) in [7, 11) is 0. The summed E-state index contributed by atoms with van der Waals surface area (Å²) in [5.41, 5.74) is 0. The molecule has 3 fully saturated rings. The number of carboxylic acid groups (broad SMARTS) is 1. The van der Waals surface area contributed by atoms with Gasteiger partial charge in [0.2, 0.25) is 5.91 Å². The van der Waals surface area contributed by atoms with Gasteiger partial charge in [-0.2, -0.15) is 0 Å². The molecule has 0 saturated carbocycles. The monoisotopic (exact) mass is 270 g/mol. The number of hydrogen-bond donors (Lipinski definition) is 2. The van der Waals surface area contributed by atoms with Gasteiger partial charge in [0, 0.05) is 17.8 Å². The van der Waals surface area contributed by atoms with Gasteiger partial charge in [0.1, 0.15) is 6.04 Å². The number of carboxylic acids is 1. The maximum Gasteiger partial charge on any atom is 0.327 e. The fourth-order valence-corrected chi connectivity index (χ4v) is 4.63. The molecule has 0 aromatic carbocycles. The molecule has 3 saturated heterocycles. The molecule has 1 amide bonds. The van der Waals surface area contributed by atoms with Crippen LogP contribution in [-0.4, -0.2) is 51.1 Å². The topological polar surface area (TPSA) is 69.6 Å². The minimum atomic E-state index is -0.878. The average Bonchev–Trinajstić information content (AvgIpc) is 3.01. The zero-order valence-corrected chi connectivity index (χ0v) is 11.2. The molecule has 3 aliphatic heterocycles. The van der Waals surface area contributed by atoms with E-state index < -0.39 is 12.0 Å². The van der Waals surface area contributed by atoms with Gasteiger partial charge >= 0.3 is 5.97 Å². The zero-order chi connectivity index (χ0) is 12.9. The molecule has 2 N–H and O–H groups in total. The lowest BCUT2D eigenvalue weighted by Gasteiger charge is -2.30. The van der Waals surface area contributed by atoms with Crippen LogP contribution in [0.4, 0.5) is 0 Å². The quantitative estimate of drug-likeness (QED) is 0.765. The van der Waals surface area contributed by atoms with E-state index in [1.807, 2.05) is 6.92 Å². The summed E-state index contributed by atoms with van der Waals surface area (Å²) in [6.45, 7) is 1.92. The van der Waals surface area contributed by atoms with Crippen molar-refractivity contribution in [2.24, 2.45) is 5.92 Å². The van der Waals surface area contributed by atoms with Crippen LogP contribution in [0.15, 0.2) is 0 Å². The van der Waals surface area contributed by atoms with E-state index in [9.17, 15) is 14.7 Å². The standard InChI is InChI=1S/C12H18N2O3S/c1-6-14(10(5-18-6)12(16)17)11(15)8-4-7-2-3-9(8)13-7/h6-10,13H,2-5H2,1H3,(H,16,17). The third-order valence-electron chi connectivity index (χ3n) is 4.38. The molecule has 100 valence electrons. The Balaban J connectivity index is 1.76. The Bertz CT molecular complexity index is 390. The van der Waals surface area contributed by atoms with Gasteiger partial charge < -0.3 is 15.3 Å². The molecule has 3 rings (SSSR count). The molecule has 5 unspecified atom stereocenters. The van der Waals surface area contributed by atoms with E-state index in [0.717, 1.165) is 19.3 Å². The van der Waals surface area contributed by atoms with Crippen LogP contribution in [0.1, 0.15) is 26.2 Å². The summed E-state index contributed by atoms with van der Waals surface area (Å²) in [6.07, 6.45) is 3.08. The lowest BCUT2D eigenvalue weighted by molar-refractivity contribution is -0.151. The molecule has 0 aromatic heterocycles. The maximum absolute atomic E-state index is 12.6. The smallest absolute Gasteiger partial charge is 0.327 e. The number of amides is 1. The third-order valence-corrected chi connectivity index (χ3v) is 5.60. The maximum atomic E-state index is 12.6. The van der Waals surface area contributed by atoms with E-state index in [1.165, 1.54) is 0 Å². The second-order valence-electron chi connectivity index (χ2n) is 5.42. The number of fused-ring (bicyclic) bond motifs is 2. The molecule has 0 spiro atoms. The van der Waals surface area contributed by atoms with Crippen molar-refractivity contribution in [2.75, 3.05) is 5.75 Å². The number of carbonyl (C=O) groups excluding carboxylic acids is 1. The predicted molar refractivity (Wildman–Crippen MR) is 68.2 cm³/mol. The lowest BCUT2D eigenvalue weighted by Crippen LogP contribution is -2.49. The molecule has 5 nitrogen and oxygen atoms in total. The first-order valence-electron chi connectivity index (χ1n) is 6.50. The van der Waals surface area contributed by atoms with Gasteiger partial charge in [-0.3, -0.25) is 4.79 Å². The second kappa shape index (κ2) is 4.42. The number of aliphatic carboxylic acids is 1. The van der Waals surface area contributed by atoms with Gasteiger partial charge in [-0.25, -0.2) is 4.79 Å². The summed E-state index contributed by atoms with van der Waals surface area (Å²) in [5.74, 6) is -0.334. The van der Waals surface area contributed by atoms with Crippen LogP contribution < -0.4 is 5.32 Å². The molecule has 18 heavy (non-hydrogen) atoms. The molecular formula is C12H18N2O3S. The van der Waals surface area contributed by atoms with Crippen molar-refractivity contribution in [3.05, 3.63) is 0 Å². The van der Waals surface area contributed by atoms with Crippen molar-refractivity contribution in [3.8, 4) is 0 Å². The summed E-state index contributed by atoms with van der Waals surface area (Å²) < 4.78 is 0. The summed E-state index contributed by atoms with van der Waals surface area (Å²) >= 11 is 1.55. The first-order valence-corrected chi connectivity index (χ1v) is 7.55. The number of rotatable bonds is 2. The average molecular weight is 270 g/mol. The van der Waals surface area contributed by atoms with Crippen LogP contribution >= 0.6 is 11.8 Å². The SMILES string of the molecule is CC1SCC(C(=O)O)N1C(=O)C1CC2CCC1N2. The number of nitrogens with zero attached hydrogens (tertiary/aromatic N) is 1. The molecule has 5 atom stereocenters. The highest BCUT2D eigenvalue weighted by Crippen LogP contribution is 2.38. The van der Waals surface area contributed by atoms with Gasteiger partial charge in [-0.15, -0.1) is 11.8 Å².